The molecular weight excluding hydrogens is 427 g/mol. The predicted octanol–water partition coefficient (Wildman–Crippen LogP) is 4.74. The Kier molecular flexibility index (Phi) is 5.34. The smallest absolute Gasteiger partial charge is 0.347 e. The van der Waals surface area contributed by atoms with Crippen LogP contribution < -0.4 is 5.32 Å². The molecule has 1 atom stereocenters. The standard InChI is InChI=1S/C21H20F3N5OS/c1-12-9-14(3)28(26-12)11-13(2)25-19(30)17-10-16-18(21(22,23)24)27-29(20(16)31-17)15-7-5-4-6-8-15/h4-10,13H,11H2,1-3H3,(H,25,30)/t13-/m1/s1. The number of nitrogens with zero attached hydrogens (tertiary/aromatic N) is 4. The lowest BCUT2D eigenvalue weighted by molar-refractivity contribution is -0.140. The molecule has 0 saturated heterocycles. The van der Waals surface area contributed by atoms with E-state index in [2.05, 4.69) is 15.5 Å². The average Bonchev–Trinajstić information content (AvgIpc) is 3.35. The van der Waals surface area contributed by atoms with Gasteiger partial charge in [-0.05, 0) is 45.0 Å². The Labute approximate surface area is 180 Å². The number of carbonyl (C=O) groups excluding carboxylic acids is 1. The Hall–Kier alpha value is -3.14. The van der Waals surface area contributed by atoms with Gasteiger partial charge in [0.2, 0.25) is 0 Å². The number of alkyl halides is 3. The number of nitrogens with one attached hydrogen (secondary N) is 1. The zero-order valence-corrected chi connectivity index (χ0v) is 17.9. The SMILES string of the molecule is Cc1cc(C)n(C[C@@H](C)NC(=O)c2cc3c(C(F)(F)F)nn(-c4ccccc4)c3s2)n1. The number of fused-ring (bicyclic) bond motifs is 1. The molecule has 6 nitrogen and oxygen atoms in total. The Morgan fingerprint density at radius 2 is 1.87 bits per heavy atom. The van der Waals surface area contributed by atoms with Crippen LogP contribution in [0.4, 0.5) is 13.2 Å². The predicted molar refractivity (Wildman–Crippen MR) is 113 cm³/mol. The van der Waals surface area contributed by atoms with E-state index in [4.69, 9.17) is 0 Å². The largest absolute Gasteiger partial charge is 0.435 e. The second kappa shape index (κ2) is 7.84. The molecule has 1 aromatic carbocycles. The van der Waals surface area contributed by atoms with Gasteiger partial charge in [0.15, 0.2) is 5.69 Å². The van der Waals surface area contributed by atoms with E-state index >= 15 is 0 Å². The molecule has 0 aliphatic heterocycles. The number of rotatable bonds is 5. The molecule has 3 aromatic heterocycles. The summed E-state index contributed by atoms with van der Waals surface area (Å²) in [5, 5.41) is 10.9. The van der Waals surface area contributed by atoms with Crippen LogP contribution in [0.1, 0.15) is 33.7 Å². The fraction of sp³-hybridized carbons (Fsp3) is 0.286. The summed E-state index contributed by atoms with van der Waals surface area (Å²) < 4.78 is 43.7. The van der Waals surface area contributed by atoms with E-state index in [1.54, 1.807) is 35.0 Å². The number of hydrogen-bond acceptors (Lipinski definition) is 4. The molecule has 0 unspecified atom stereocenters. The highest BCUT2D eigenvalue weighted by Gasteiger charge is 2.38. The molecule has 10 heteroatoms. The molecule has 0 aliphatic carbocycles. The number of thiophene rings is 1. The highest BCUT2D eigenvalue weighted by atomic mass is 32.1. The second-order valence-corrected chi connectivity index (χ2v) is 8.44. The molecule has 0 spiro atoms. The van der Waals surface area contributed by atoms with Crippen molar-refractivity contribution in [2.24, 2.45) is 0 Å². The molecule has 1 amide bonds. The number of para-hydroxylation sites is 1. The van der Waals surface area contributed by atoms with Crippen molar-refractivity contribution in [1.29, 1.82) is 0 Å². The third kappa shape index (κ3) is 4.20. The van der Waals surface area contributed by atoms with Crippen LogP contribution in [-0.2, 0) is 12.7 Å². The molecule has 0 saturated carbocycles. The summed E-state index contributed by atoms with van der Waals surface area (Å²) in [6.45, 7) is 6.10. The summed E-state index contributed by atoms with van der Waals surface area (Å²) in [5.74, 6) is -0.428. The Morgan fingerprint density at radius 1 is 1.16 bits per heavy atom. The number of carbonyl (C=O) groups is 1. The highest BCUT2D eigenvalue weighted by molar-refractivity contribution is 7.20. The van der Waals surface area contributed by atoms with E-state index in [1.165, 1.54) is 10.7 Å². The normalized spacial score (nSPS) is 13.0. The Balaban J connectivity index is 1.64. The van der Waals surface area contributed by atoms with Crippen molar-refractivity contribution in [3.63, 3.8) is 0 Å². The molecular formula is C21H20F3N5OS. The highest BCUT2D eigenvalue weighted by Crippen LogP contribution is 2.38. The number of amides is 1. The van der Waals surface area contributed by atoms with Crippen molar-refractivity contribution in [3.8, 4) is 5.69 Å². The lowest BCUT2D eigenvalue weighted by atomic mass is 10.2. The zero-order chi connectivity index (χ0) is 22.3. The van der Waals surface area contributed by atoms with Crippen molar-refractivity contribution in [2.45, 2.75) is 39.5 Å². The van der Waals surface area contributed by atoms with Gasteiger partial charge in [-0.15, -0.1) is 11.3 Å². The zero-order valence-electron chi connectivity index (χ0n) is 17.1. The first-order chi connectivity index (χ1) is 14.6. The quantitative estimate of drug-likeness (QED) is 0.481. The Bertz CT molecular complexity index is 1240. The number of hydrogen-bond donors (Lipinski definition) is 1. The van der Waals surface area contributed by atoms with Crippen molar-refractivity contribution < 1.29 is 18.0 Å². The third-order valence-corrected chi connectivity index (χ3v) is 5.89. The van der Waals surface area contributed by atoms with Crippen LogP contribution >= 0.6 is 11.3 Å². The number of aryl methyl sites for hydroxylation is 2. The lowest BCUT2D eigenvalue weighted by Gasteiger charge is -2.14. The molecule has 0 aliphatic rings. The molecule has 0 radical (unpaired) electrons. The topological polar surface area (TPSA) is 64.7 Å². The summed E-state index contributed by atoms with van der Waals surface area (Å²) in [5.41, 5.74) is 1.34. The first-order valence-electron chi connectivity index (χ1n) is 9.60. The van der Waals surface area contributed by atoms with Gasteiger partial charge >= 0.3 is 6.18 Å². The first kappa shape index (κ1) is 21.1. The van der Waals surface area contributed by atoms with Crippen LogP contribution in [0, 0.1) is 13.8 Å². The van der Waals surface area contributed by atoms with Crippen LogP contribution in [0.3, 0.4) is 0 Å². The minimum absolute atomic E-state index is 0.0855. The van der Waals surface area contributed by atoms with E-state index in [1.807, 2.05) is 26.8 Å². The van der Waals surface area contributed by atoms with Gasteiger partial charge in [0.1, 0.15) is 4.83 Å². The molecule has 4 rings (SSSR count). The van der Waals surface area contributed by atoms with Gasteiger partial charge in [-0.25, -0.2) is 4.68 Å². The monoisotopic (exact) mass is 447 g/mol. The van der Waals surface area contributed by atoms with Crippen molar-refractivity contribution in [3.05, 3.63) is 64.4 Å². The third-order valence-electron chi connectivity index (χ3n) is 4.78. The van der Waals surface area contributed by atoms with E-state index in [0.29, 0.717) is 12.2 Å². The summed E-state index contributed by atoms with van der Waals surface area (Å²) in [6, 6.07) is 11.5. The summed E-state index contributed by atoms with van der Waals surface area (Å²) >= 11 is 0.985. The fourth-order valence-electron chi connectivity index (χ4n) is 3.43. The summed E-state index contributed by atoms with van der Waals surface area (Å²) in [7, 11) is 0. The van der Waals surface area contributed by atoms with Crippen LogP contribution in [-0.4, -0.2) is 31.5 Å². The van der Waals surface area contributed by atoms with Crippen LogP contribution in [0.15, 0.2) is 42.5 Å². The van der Waals surface area contributed by atoms with Gasteiger partial charge in [0.25, 0.3) is 5.91 Å². The fourth-order valence-corrected chi connectivity index (χ4v) is 4.47. The molecule has 162 valence electrons. The van der Waals surface area contributed by atoms with Gasteiger partial charge in [-0.1, -0.05) is 18.2 Å². The van der Waals surface area contributed by atoms with Gasteiger partial charge in [-0.3, -0.25) is 9.48 Å². The van der Waals surface area contributed by atoms with E-state index in [9.17, 15) is 18.0 Å². The van der Waals surface area contributed by atoms with Gasteiger partial charge in [0.05, 0.1) is 22.8 Å². The molecule has 0 bridgehead atoms. The molecule has 4 aromatic rings. The van der Waals surface area contributed by atoms with Crippen molar-refractivity contribution >= 4 is 27.5 Å². The molecule has 3 heterocycles. The summed E-state index contributed by atoms with van der Waals surface area (Å²) in [6.07, 6.45) is -4.63. The van der Waals surface area contributed by atoms with Crippen LogP contribution in [0.5, 0.6) is 0 Å². The van der Waals surface area contributed by atoms with Gasteiger partial charge < -0.3 is 5.32 Å². The first-order valence-corrected chi connectivity index (χ1v) is 10.4. The van der Waals surface area contributed by atoms with Crippen molar-refractivity contribution in [1.82, 2.24) is 24.9 Å². The lowest BCUT2D eigenvalue weighted by Crippen LogP contribution is -2.35. The minimum Gasteiger partial charge on any atom is -0.347 e. The maximum Gasteiger partial charge on any atom is 0.435 e. The maximum atomic E-state index is 13.6. The minimum atomic E-state index is -4.63. The molecule has 0 fully saturated rings. The van der Waals surface area contributed by atoms with Gasteiger partial charge in [-0.2, -0.15) is 23.4 Å². The number of benzene rings is 1. The van der Waals surface area contributed by atoms with E-state index < -0.39 is 17.8 Å². The Morgan fingerprint density at radius 3 is 2.48 bits per heavy atom. The molecule has 1 N–H and O–H groups in total. The second-order valence-electron chi connectivity index (χ2n) is 7.41. The van der Waals surface area contributed by atoms with Gasteiger partial charge in [0, 0.05) is 17.1 Å². The molecule has 31 heavy (non-hydrogen) atoms. The van der Waals surface area contributed by atoms with E-state index in [0.717, 1.165) is 22.7 Å². The van der Waals surface area contributed by atoms with Crippen molar-refractivity contribution in [2.75, 3.05) is 0 Å². The van der Waals surface area contributed by atoms with Crippen LogP contribution in [0.25, 0.3) is 15.9 Å². The average molecular weight is 447 g/mol. The number of halogens is 3. The van der Waals surface area contributed by atoms with Crippen LogP contribution in [0.2, 0.25) is 0 Å². The number of aromatic nitrogens is 4. The maximum absolute atomic E-state index is 13.6. The van der Waals surface area contributed by atoms with E-state index in [-0.39, 0.29) is 21.1 Å². The summed E-state index contributed by atoms with van der Waals surface area (Å²) in [4.78, 5) is 13.2.